The van der Waals surface area contributed by atoms with Crippen LogP contribution in [0.5, 0.6) is 0 Å². The summed E-state index contributed by atoms with van der Waals surface area (Å²) in [5, 5.41) is 0. The van der Waals surface area contributed by atoms with Crippen LogP contribution in [0.25, 0.3) is 0 Å². The molecule has 26 heavy (non-hydrogen) atoms. The minimum Gasteiger partial charge on any atom is -0.364 e. The number of amides is 2. The molecule has 2 aromatic rings. The molecule has 1 aromatic carbocycles. The number of piperidine rings is 1. The van der Waals surface area contributed by atoms with E-state index >= 15 is 0 Å². The molecule has 2 saturated heterocycles. The number of benzene rings is 1. The molecule has 0 N–H and O–H groups in total. The molecule has 4 rings (SSSR count). The van der Waals surface area contributed by atoms with Gasteiger partial charge >= 0.3 is 0 Å². The lowest BCUT2D eigenvalue weighted by atomic mass is 9.76. The van der Waals surface area contributed by atoms with Gasteiger partial charge in [-0.25, -0.2) is 4.98 Å². The van der Waals surface area contributed by atoms with Gasteiger partial charge in [-0.1, -0.05) is 30.3 Å². The number of carbonyl (C=O) groups is 2. The van der Waals surface area contributed by atoms with E-state index in [1.54, 1.807) is 9.80 Å². The second-order valence-corrected chi connectivity index (χ2v) is 6.63. The van der Waals surface area contributed by atoms with Crippen LogP contribution < -0.4 is 0 Å². The van der Waals surface area contributed by atoms with E-state index in [0.29, 0.717) is 25.2 Å². The predicted octanol–water partition coefficient (Wildman–Crippen LogP) is 1.08. The molecule has 2 aliphatic heterocycles. The fourth-order valence-electron chi connectivity index (χ4n) is 3.98. The maximum absolute atomic E-state index is 12.7. The van der Waals surface area contributed by atoms with Crippen molar-refractivity contribution in [1.82, 2.24) is 19.8 Å². The monoisotopic (exact) mass is 352 g/mol. The Labute approximate surface area is 151 Å². The third-order valence-corrected chi connectivity index (χ3v) is 5.41. The highest BCUT2D eigenvalue weighted by Crippen LogP contribution is 2.42. The minimum atomic E-state index is -0.560. The fourth-order valence-corrected chi connectivity index (χ4v) is 3.98. The van der Waals surface area contributed by atoms with E-state index in [9.17, 15) is 9.59 Å². The lowest BCUT2D eigenvalue weighted by Crippen LogP contribution is -2.67. The molecule has 2 aliphatic rings. The Morgan fingerprint density at radius 3 is 2.81 bits per heavy atom. The maximum Gasteiger partial charge on any atom is 0.274 e. The average Bonchev–Trinajstić information content (AvgIpc) is 2.71. The van der Waals surface area contributed by atoms with E-state index in [2.05, 4.69) is 9.97 Å². The number of aromatic nitrogens is 2. The van der Waals surface area contributed by atoms with Gasteiger partial charge in [-0.05, 0) is 12.0 Å². The summed E-state index contributed by atoms with van der Waals surface area (Å²) in [4.78, 5) is 36.7. The maximum atomic E-state index is 12.7. The van der Waals surface area contributed by atoms with Gasteiger partial charge in [0.15, 0.2) is 0 Å². The Morgan fingerprint density at radius 1 is 1.27 bits per heavy atom. The normalized spacial score (nSPS) is 25.7. The molecule has 134 valence electrons. The van der Waals surface area contributed by atoms with E-state index < -0.39 is 5.54 Å². The van der Waals surface area contributed by atoms with Gasteiger partial charge in [0, 0.05) is 32.5 Å². The smallest absolute Gasteiger partial charge is 0.274 e. The van der Waals surface area contributed by atoms with E-state index in [1.165, 1.54) is 18.6 Å². The number of likely N-dealkylation sites (N-methyl/N-ethyl adjacent to an activating group) is 1. The van der Waals surface area contributed by atoms with Crippen LogP contribution in [-0.4, -0.2) is 64.4 Å². The highest BCUT2D eigenvalue weighted by molar-refractivity contribution is 5.92. The number of fused-ring (bicyclic) bond motifs is 1. The van der Waals surface area contributed by atoms with Crippen molar-refractivity contribution >= 4 is 11.8 Å². The van der Waals surface area contributed by atoms with Crippen LogP contribution in [0.1, 0.15) is 22.5 Å². The summed E-state index contributed by atoms with van der Waals surface area (Å²) in [6.07, 6.45) is 4.84. The average molecular weight is 352 g/mol. The molecule has 1 aromatic heterocycles. The van der Waals surface area contributed by atoms with Crippen molar-refractivity contribution in [1.29, 1.82) is 0 Å². The molecule has 0 aliphatic carbocycles. The van der Waals surface area contributed by atoms with Crippen LogP contribution in [0.4, 0.5) is 0 Å². The van der Waals surface area contributed by atoms with Gasteiger partial charge < -0.3 is 14.5 Å². The highest BCUT2D eigenvalue weighted by atomic mass is 16.5. The topological polar surface area (TPSA) is 75.6 Å². The number of likely N-dealkylation sites (tertiary alicyclic amines) is 1. The molecular weight excluding hydrogens is 332 g/mol. The van der Waals surface area contributed by atoms with Crippen LogP contribution in [-0.2, 0) is 15.1 Å². The van der Waals surface area contributed by atoms with Crippen LogP contribution in [0.15, 0.2) is 48.9 Å². The Kier molecular flexibility index (Phi) is 4.16. The molecule has 0 bridgehead atoms. The summed E-state index contributed by atoms with van der Waals surface area (Å²) < 4.78 is 5.92. The van der Waals surface area contributed by atoms with Gasteiger partial charge in [-0.15, -0.1) is 0 Å². The van der Waals surface area contributed by atoms with Crippen molar-refractivity contribution in [3.8, 4) is 0 Å². The number of carbonyl (C=O) groups excluding carboxylic acids is 2. The first-order valence-electron chi connectivity index (χ1n) is 8.62. The molecule has 2 fully saturated rings. The Morgan fingerprint density at radius 2 is 2.08 bits per heavy atom. The largest absolute Gasteiger partial charge is 0.364 e. The molecule has 0 radical (unpaired) electrons. The molecule has 0 spiro atoms. The van der Waals surface area contributed by atoms with Crippen molar-refractivity contribution in [2.24, 2.45) is 0 Å². The molecule has 3 heterocycles. The number of morpholine rings is 1. The number of hydrogen-bond acceptors (Lipinski definition) is 5. The van der Waals surface area contributed by atoms with Crippen LogP contribution in [0.2, 0.25) is 0 Å². The molecule has 0 unspecified atom stereocenters. The van der Waals surface area contributed by atoms with Crippen molar-refractivity contribution in [3.05, 3.63) is 60.2 Å². The zero-order valence-electron chi connectivity index (χ0n) is 14.5. The number of ether oxygens (including phenoxy) is 1. The summed E-state index contributed by atoms with van der Waals surface area (Å²) in [5.74, 6) is -0.207. The summed E-state index contributed by atoms with van der Waals surface area (Å²) in [6, 6.07) is 9.92. The molecule has 7 heteroatoms. The molecule has 0 saturated carbocycles. The lowest BCUT2D eigenvalue weighted by Gasteiger charge is -2.54. The number of nitrogens with zero attached hydrogens (tertiary/aromatic N) is 4. The number of rotatable bonds is 2. The van der Waals surface area contributed by atoms with Crippen LogP contribution in [0, 0.1) is 0 Å². The fraction of sp³-hybridized carbons (Fsp3) is 0.368. The van der Waals surface area contributed by atoms with Crippen molar-refractivity contribution in [2.45, 2.75) is 18.1 Å². The quantitative estimate of drug-likeness (QED) is 0.808. The highest BCUT2D eigenvalue weighted by Gasteiger charge is 2.53. The van der Waals surface area contributed by atoms with E-state index in [-0.39, 0.29) is 24.5 Å². The third-order valence-electron chi connectivity index (χ3n) is 5.41. The van der Waals surface area contributed by atoms with Gasteiger partial charge in [0.2, 0.25) is 5.91 Å². The summed E-state index contributed by atoms with van der Waals surface area (Å²) in [7, 11) is 1.82. The Balaban J connectivity index is 1.66. The lowest BCUT2D eigenvalue weighted by molar-refractivity contribution is -0.180. The third kappa shape index (κ3) is 2.55. The SMILES string of the molecule is CN1C(=O)CO[C@@H]2CN(C(=O)c3cnccn3)CC[C@]21c1ccccc1. The van der Waals surface area contributed by atoms with Crippen molar-refractivity contribution < 1.29 is 14.3 Å². The van der Waals surface area contributed by atoms with Gasteiger partial charge in [0.1, 0.15) is 18.4 Å². The standard InChI is InChI=1S/C19H20N4O3/c1-22-17(24)13-26-16-12-23(18(25)15-11-20-8-9-21-15)10-7-19(16,22)14-5-3-2-4-6-14/h2-6,8-9,11,16H,7,10,12-13H2,1H3/t16-,19+/m1/s1. The zero-order valence-corrected chi connectivity index (χ0v) is 14.5. The van der Waals surface area contributed by atoms with Gasteiger partial charge in [0.05, 0.1) is 11.7 Å². The van der Waals surface area contributed by atoms with Crippen molar-refractivity contribution in [2.75, 3.05) is 26.7 Å². The van der Waals surface area contributed by atoms with Gasteiger partial charge in [0.25, 0.3) is 5.91 Å². The summed E-state index contributed by atoms with van der Waals surface area (Å²) in [6.45, 7) is 0.951. The van der Waals surface area contributed by atoms with Crippen LogP contribution >= 0.6 is 0 Å². The number of hydrogen-bond donors (Lipinski definition) is 0. The van der Waals surface area contributed by atoms with Crippen molar-refractivity contribution in [3.63, 3.8) is 0 Å². The first-order chi connectivity index (χ1) is 12.6. The van der Waals surface area contributed by atoms with Gasteiger partial charge in [-0.2, -0.15) is 0 Å². The van der Waals surface area contributed by atoms with Crippen LogP contribution in [0.3, 0.4) is 0 Å². The Bertz CT molecular complexity index is 814. The molecule has 2 amide bonds. The van der Waals surface area contributed by atoms with E-state index in [0.717, 1.165) is 5.56 Å². The summed E-state index contributed by atoms with van der Waals surface area (Å²) >= 11 is 0. The zero-order chi connectivity index (χ0) is 18.1. The van der Waals surface area contributed by atoms with E-state index in [4.69, 9.17) is 4.74 Å². The first kappa shape index (κ1) is 16.7. The molecular formula is C19H20N4O3. The second kappa shape index (κ2) is 6.49. The summed E-state index contributed by atoms with van der Waals surface area (Å²) in [5.41, 5.74) is 0.794. The predicted molar refractivity (Wildman–Crippen MR) is 93.2 cm³/mol. The first-order valence-corrected chi connectivity index (χ1v) is 8.62. The molecule has 2 atom stereocenters. The van der Waals surface area contributed by atoms with E-state index in [1.807, 2.05) is 37.4 Å². The molecule has 7 nitrogen and oxygen atoms in total. The van der Waals surface area contributed by atoms with Gasteiger partial charge in [-0.3, -0.25) is 14.6 Å². The minimum absolute atomic E-state index is 0.0307. The Hall–Kier alpha value is -2.80. The second-order valence-electron chi connectivity index (χ2n) is 6.63.